The van der Waals surface area contributed by atoms with Gasteiger partial charge in [0.1, 0.15) is 0 Å². The molecule has 2 aromatic heterocycles. The lowest BCUT2D eigenvalue weighted by Crippen LogP contribution is -2.09. The van der Waals surface area contributed by atoms with E-state index in [9.17, 15) is 4.79 Å². The van der Waals surface area contributed by atoms with Crippen LogP contribution in [0, 0.1) is 0 Å². The second kappa shape index (κ2) is 6.66. The highest BCUT2D eigenvalue weighted by Crippen LogP contribution is 2.20. The Morgan fingerprint density at radius 2 is 2.00 bits per heavy atom. The first-order chi connectivity index (χ1) is 11.6. The van der Waals surface area contributed by atoms with Gasteiger partial charge in [-0.15, -0.1) is 10.2 Å². The molecule has 0 atom stereocenters. The van der Waals surface area contributed by atoms with Crippen molar-refractivity contribution in [3.05, 3.63) is 53.5 Å². The summed E-state index contributed by atoms with van der Waals surface area (Å²) in [5.41, 5.74) is 2.79. The van der Waals surface area contributed by atoms with Crippen molar-refractivity contribution in [2.45, 2.75) is 26.3 Å². The molecule has 0 aliphatic heterocycles. The maximum atomic E-state index is 11.6. The summed E-state index contributed by atoms with van der Waals surface area (Å²) in [6.45, 7) is 4.57. The maximum Gasteiger partial charge on any atom is 0.374 e. The van der Waals surface area contributed by atoms with Gasteiger partial charge in [-0.1, -0.05) is 38.1 Å². The van der Waals surface area contributed by atoms with Gasteiger partial charge in [0.15, 0.2) is 0 Å². The highest BCUT2D eigenvalue weighted by atomic mass is 16.5. The molecule has 0 aliphatic rings. The third-order valence-electron chi connectivity index (χ3n) is 3.72. The summed E-state index contributed by atoms with van der Waals surface area (Å²) in [6.07, 6.45) is 1.43. The summed E-state index contributed by atoms with van der Waals surface area (Å²) in [5.74, 6) is 0.631. The molecule has 2 heterocycles. The molecule has 3 aromatic rings. The first kappa shape index (κ1) is 15.9. The van der Waals surface area contributed by atoms with Crippen LogP contribution in [0.2, 0.25) is 0 Å². The number of methoxy groups -OCH3 is 1. The number of nitrogens with zero attached hydrogens (tertiary/aromatic N) is 4. The molecule has 0 radical (unpaired) electrons. The molecule has 1 aromatic carbocycles. The van der Waals surface area contributed by atoms with Crippen molar-refractivity contribution in [1.82, 2.24) is 20.2 Å². The smallest absolute Gasteiger partial charge is 0.374 e. The van der Waals surface area contributed by atoms with Crippen LogP contribution in [0.25, 0.3) is 11.4 Å². The lowest BCUT2D eigenvalue weighted by atomic mass is 10.0. The van der Waals surface area contributed by atoms with Crippen molar-refractivity contribution < 1.29 is 13.9 Å². The Bertz CT molecular complexity index is 834. The summed E-state index contributed by atoms with van der Waals surface area (Å²) in [4.78, 5) is 13.0. The highest BCUT2D eigenvalue weighted by Gasteiger charge is 2.17. The molecule has 0 aliphatic carbocycles. The number of furan rings is 1. The van der Waals surface area contributed by atoms with E-state index in [1.54, 1.807) is 6.07 Å². The minimum atomic E-state index is -0.528. The molecule has 7 heteroatoms. The minimum Gasteiger partial charge on any atom is -0.463 e. The van der Waals surface area contributed by atoms with E-state index in [0.717, 1.165) is 5.56 Å². The number of aromatic nitrogens is 4. The molecule has 124 valence electrons. The molecular weight excluding hydrogens is 308 g/mol. The monoisotopic (exact) mass is 326 g/mol. The van der Waals surface area contributed by atoms with E-state index in [4.69, 9.17) is 4.42 Å². The molecule has 0 amide bonds. The fourth-order valence-corrected chi connectivity index (χ4v) is 2.33. The SMILES string of the molecule is COC(=O)c1occc1Cn1nnc(-c2ccc(C(C)C)cc2)n1. The second-order valence-electron chi connectivity index (χ2n) is 5.69. The van der Waals surface area contributed by atoms with Crippen LogP contribution < -0.4 is 0 Å². The van der Waals surface area contributed by atoms with E-state index >= 15 is 0 Å². The predicted octanol–water partition coefficient (Wildman–Crippen LogP) is 2.89. The lowest BCUT2D eigenvalue weighted by molar-refractivity contribution is 0.0563. The Hall–Kier alpha value is -2.96. The number of benzene rings is 1. The molecule has 7 nitrogen and oxygen atoms in total. The van der Waals surface area contributed by atoms with Gasteiger partial charge >= 0.3 is 5.97 Å². The first-order valence-electron chi connectivity index (χ1n) is 7.61. The number of carbonyl (C=O) groups excluding carboxylic acids is 1. The van der Waals surface area contributed by atoms with Gasteiger partial charge in [-0.05, 0) is 22.8 Å². The normalized spacial score (nSPS) is 11.0. The largest absolute Gasteiger partial charge is 0.463 e. The maximum absolute atomic E-state index is 11.6. The Morgan fingerprint density at radius 3 is 2.67 bits per heavy atom. The van der Waals surface area contributed by atoms with E-state index in [1.807, 2.05) is 12.1 Å². The summed E-state index contributed by atoms with van der Waals surface area (Å²) < 4.78 is 9.83. The number of carbonyl (C=O) groups is 1. The van der Waals surface area contributed by atoms with E-state index in [0.29, 0.717) is 17.3 Å². The topological polar surface area (TPSA) is 83.0 Å². The fourth-order valence-electron chi connectivity index (χ4n) is 2.33. The molecule has 0 unspecified atom stereocenters. The van der Waals surface area contributed by atoms with Crippen LogP contribution in [0.3, 0.4) is 0 Å². The third kappa shape index (κ3) is 3.19. The molecule has 3 rings (SSSR count). The summed E-state index contributed by atoms with van der Waals surface area (Å²) in [7, 11) is 1.31. The van der Waals surface area contributed by atoms with Gasteiger partial charge in [0.25, 0.3) is 0 Å². The molecule has 0 spiro atoms. The number of esters is 1. The zero-order valence-corrected chi connectivity index (χ0v) is 13.8. The van der Waals surface area contributed by atoms with Crippen molar-refractivity contribution in [2.24, 2.45) is 0 Å². The van der Waals surface area contributed by atoms with Crippen molar-refractivity contribution in [1.29, 1.82) is 0 Å². The molecule has 24 heavy (non-hydrogen) atoms. The fraction of sp³-hybridized carbons (Fsp3) is 0.294. The van der Waals surface area contributed by atoms with Gasteiger partial charge in [-0.2, -0.15) is 4.80 Å². The third-order valence-corrected chi connectivity index (χ3v) is 3.72. The van der Waals surface area contributed by atoms with E-state index in [1.165, 1.54) is 23.7 Å². The molecule has 0 N–H and O–H groups in total. The Morgan fingerprint density at radius 1 is 1.25 bits per heavy atom. The van der Waals surface area contributed by atoms with Crippen LogP contribution in [0.4, 0.5) is 0 Å². The van der Waals surface area contributed by atoms with Crippen LogP contribution in [0.15, 0.2) is 41.0 Å². The summed E-state index contributed by atoms with van der Waals surface area (Å²) >= 11 is 0. The van der Waals surface area contributed by atoms with Crippen molar-refractivity contribution >= 4 is 5.97 Å². The zero-order valence-electron chi connectivity index (χ0n) is 13.8. The molecular formula is C17H18N4O3. The van der Waals surface area contributed by atoms with E-state index in [-0.39, 0.29) is 12.3 Å². The predicted molar refractivity (Wildman–Crippen MR) is 86.5 cm³/mol. The molecule has 0 saturated carbocycles. The number of tetrazole rings is 1. The summed E-state index contributed by atoms with van der Waals surface area (Å²) in [5, 5.41) is 12.5. The van der Waals surface area contributed by atoms with Crippen LogP contribution in [0.1, 0.15) is 41.4 Å². The number of hydrogen-bond acceptors (Lipinski definition) is 6. The first-order valence-corrected chi connectivity index (χ1v) is 7.61. The number of hydrogen-bond donors (Lipinski definition) is 0. The Kier molecular flexibility index (Phi) is 4.41. The van der Waals surface area contributed by atoms with Gasteiger partial charge in [0.05, 0.1) is 19.9 Å². The quantitative estimate of drug-likeness (QED) is 0.670. The second-order valence-corrected chi connectivity index (χ2v) is 5.69. The van der Waals surface area contributed by atoms with Gasteiger partial charge < -0.3 is 9.15 Å². The van der Waals surface area contributed by atoms with Crippen LogP contribution in [0.5, 0.6) is 0 Å². The van der Waals surface area contributed by atoms with Gasteiger partial charge in [0, 0.05) is 11.1 Å². The number of rotatable bonds is 5. The highest BCUT2D eigenvalue weighted by molar-refractivity contribution is 5.87. The zero-order chi connectivity index (χ0) is 17.1. The molecule has 0 bridgehead atoms. The Balaban J connectivity index is 1.79. The van der Waals surface area contributed by atoms with Crippen LogP contribution in [-0.4, -0.2) is 33.3 Å². The van der Waals surface area contributed by atoms with Gasteiger partial charge in [-0.25, -0.2) is 4.79 Å². The standard InChI is InChI=1S/C17H18N4O3/c1-11(2)12-4-6-13(7-5-12)16-18-20-21(19-16)10-14-8-9-24-15(14)17(22)23-3/h4-9,11H,10H2,1-3H3. The van der Waals surface area contributed by atoms with Crippen molar-refractivity contribution in [3.8, 4) is 11.4 Å². The minimum absolute atomic E-state index is 0.151. The molecule has 0 fully saturated rings. The lowest BCUT2D eigenvalue weighted by Gasteiger charge is -2.04. The Labute approximate surface area is 139 Å². The van der Waals surface area contributed by atoms with E-state index in [2.05, 4.69) is 46.1 Å². The van der Waals surface area contributed by atoms with Crippen LogP contribution in [-0.2, 0) is 11.3 Å². The van der Waals surface area contributed by atoms with Gasteiger partial charge in [-0.3, -0.25) is 0 Å². The average Bonchev–Trinajstić information content (AvgIpc) is 3.24. The molecule has 0 saturated heterocycles. The van der Waals surface area contributed by atoms with Gasteiger partial charge in [0.2, 0.25) is 11.6 Å². The van der Waals surface area contributed by atoms with E-state index < -0.39 is 5.97 Å². The average molecular weight is 326 g/mol. The number of ether oxygens (including phenoxy) is 1. The van der Waals surface area contributed by atoms with Crippen molar-refractivity contribution in [3.63, 3.8) is 0 Å². The van der Waals surface area contributed by atoms with Crippen molar-refractivity contribution in [2.75, 3.05) is 7.11 Å². The van der Waals surface area contributed by atoms with Crippen LogP contribution >= 0.6 is 0 Å². The summed E-state index contributed by atoms with van der Waals surface area (Å²) in [6, 6.07) is 9.77.